The number of aryl methyl sites for hydroxylation is 1. The Bertz CT molecular complexity index is 555. The first-order valence-corrected chi connectivity index (χ1v) is 6.53. The molecule has 0 unspecified atom stereocenters. The molecule has 2 aromatic rings. The predicted molar refractivity (Wildman–Crippen MR) is 75.9 cm³/mol. The zero-order chi connectivity index (χ0) is 13.7. The Kier molecular flexibility index (Phi) is 4.47. The van der Waals surface area contributed by atoms with Crippen LogP contribution in [-0.4, -0.2) is 21.6 Å². The molecule has 1 aromatic carbocycles. The van der Waals surface area contributed by atoms with Gasteiger partial charge < -0.3 is 10.4 Å². The van der Waals surface area contributed by atoms with Gasteiger partial charge in [-0.3, -0.25) is 0 Å². The van der Waals surface area contributed by atoms with Crippen LogP contribution in [0.5, 0.6) is 5.75 Å². The van der Waals surface area contributed by atoms with Crippen molar-refractivity contribution < 1.29 is 5.11 Å². The van der Waals surface area contributed by atoms with E-state index in [1.54, 1.807) is 18.2 Å². The number of phenols is 1. The van der Waals surface area contributed by atoms with Crippen molar-refractivity contribution in [3.05, 3.63) is 41.7 Å². The molecule has 0 saturated heterocycles. The molecule has 0 bridgehead atoms. The van der Waals surface area contributed by atoms with Crippen LogP contribution in [0.25, 0.3) is 11.4 Å². The van der Waals surface area contributed by atoms with E-state index in [4.69, 9.17) is 0 Å². The molecular formula is C15H19N3O. The van der Waals surface area contributed by atoms with Crippen molar-refractivity contribution in [3.63, 3.8) is 0 Å². The highest BCUT2D eigenvalue weighted by Gasteiger charge is 2.05. The molecule has 1 heterocycles. The monoisotopic (exact) mass is 257 g/mol. The van der Waals surface area contributed by atoms with Crippen LogP contribution in [0.2, 0.25) is 0 Å². The van der Waals surface area contributed by atoms with Gasteiger partial charge >= 0.3 is 0 Å². The predicted octanol–water partition coefficient (Wildman–Crippen LogP) is 2.66. The molecule has 2 N–H and O–H groups in total. The summed E-state index contributed by atoms with van der Waals surface area (Å²) in [5, 5.41) is 12.8. The van der Waals surface area contributed by atoms with Gasteiger partial charge in [0.1, 0.15) is 5.75 Å². The molecule has 4 heteroatoms. The van der Waals surface area contributed by atoms with Crippen LogP contribution in [0, 0.1) is 6.92 Å². The molecular weight excluding hydrogens is 238 g/mol. The summed E-state index contributed by atoms with van der Waals surface area (Å²) >= 11 is 0. The van der Waals surface area contributed by atoms with Gasteiger partial charge in [-0.25, -0.2) is 9.97 Å². The van der Waals surface area contributed by atoms with Crippen LogP contribution in [0.15, 0.2) is 30.3 Å². The standard InChI is InChI=1S/C15H19N3O/c1-3-7-16-10-13-8-11(2)17-15(18-13)12-5-4-6-14(19)9-12/h4-6,8-9,16,19H,3,7,10H2,1-2H3. The number of phenolic OH excluding ortho intramolecular Hbond substituents is 1. The average Bonchev–Trinajstić information content (AvgIpc) is 2.38. The Labute approximate surface area is 113 Å². The Hall–Kier alpha value is -1.94. The van der Waals surface area contributed by atoms with Gasteiger partial charge in [-0.1, -0.05) is 19.1 Å². The molecule has 0 saturated carbocycles. The third-order valence-electron chi connectivity index (χ3n) is 2.74. The van der Waals surface area contributed by atoms with Gasteiger partial charge in [-0.15, -0.1) is 0 Å². The van der Waals surface area contributed by atoms with E-state index in [1.165, 1.54) is 0 Å². The maximum atomic E-state index is 9.52. The number of nitrogens with one attached hydrogen (secondary N) is 1. The van der Waals surface area contributed by atoms with E-state index in [-0.39, 0.29) is 5.75 Å². The van der Waals surface area contributed by atoms with E-state index in [2.05, 4.69) is 22.2 Å². The van der Waals surface area contributed by atoms with Crippen molar-refractivity contribution >= 4 is 0 Å². The quantitative estimate of drug-likeness (QED) is 0.808. The highest BCUT2D eigenvalue weighted by Crippen LogP contribution is 2.20. The van der Waals surface area contributed by atoms with Crippen molar-refractivity contribution in [2.24, 2.45) is 0 Å². The van der Waals surface area contributed by atoms with Gasteiger partial charge in [-0.05, 0) is 38.1 Å². The maximum Gasteiger partial charge on any atom is 0.159 e. The molecule has 0 aliphatic carbocycles. The minimum absolute atomic E-state index is 0.230. The van der Waals surface area contributed by atoms with E-state index in [9.17, 15) is 5.11 Å². The summed E-state index contributed by atoms with van der Waals surface area (Å²) in [6, 6.07) is 9.00. The topological polar surface area (TPSA) is 58.0 Å². The fraction of sp³-hybridized carbons (Fsp3) is 0.333. The fourth-order valence-corrected chi connectivity index (χ4v) is 1.89. The summed E-state index contributed by atoms with van der Waals surface area (Å²) in [6.45, 7) is 5.81. The Morgan fingerprint density at radius 1 is 1.21 bits per heavy atom. The maximum absolute atomic E-state index is 9.52. The number of rotatable bonds is 5. The van der Waals surface area contributed by atoms with E-state index >= 15 is 0 Å². The summed E-state index contributed by atoms with van der Waals surface area (Å²) in [5.74, 6) is 0.887. The molecule has 4 nitrogen and oxygen atoms in total. The van der Waals surface area contributed by atoms with Crippen LogP contribution in [0.1, 0.15) is 24.7 Å². The van der Waals surface area contributed by atoms with Crippen LogP contribution in [0.4, 0.5) is 0 Å². The molecule has 0 atom stereocenters. The Morgan fingerprint density at radius 3 is 2.79 bits per heavy atom. The summed E-state index contributed by atoms with van der Waals surface area (Å²) < 4.78 is 0. The van der Waals surface area contributed by atoms with Crippen molar-refractivity contribution in [3.8, 4) is 17.1 Å². The molecule has 0 radical (unpaired) electrons. The normalized spacial score (nSPS) is 10.6. The number of hydrogen-bond donors (Lipinski definition) is 2. The van der Waals surface area contributed by atoms with E-state index < -0.39 is 0 Å². The molecule has 100 valence electrons. The zero-order valence-corrected chi connectivity index (χ0v) is 11.3. The lowest BCUT2D eigenvalue weighted by Gasteiger charge is -2.07. The second-order valence-corrected chi connectivity index (χ2v) is 4.55. The van der Waals surface area contributed by atoms with Gasteiger partial charge in [0.15, 0.2) is 5.82 Å². The van der Waals surface area contributed by atoms with Crippen molar-refractivity contribution in [1.29, 1.82) is 0 Å². The van der Waals surface area contributed by atoms with Gasteiger partial charge in [-0.2, -0.15) is 0 Å². The number of nitrogens with zero attached hydrogens (tertiary/aromatic N) is 2. The molecule has 1 aromatic heterocycles. The first-order chi connectivity index (χ1) is 9.19. The minimum Gasteiger partial charge on any atom is -0.508 e. The van der Waals surface area contributed by atoms with Crippen molar-refractivity contribution in [1.82, 2.24) is 15.3 Å². The van der Waals surface area contributed by atoms with Crippen LogP contribution in [-0.2, 0) is 6.54 Å². The SMILES string of the molecule is CCCNCc1cc(C)nc(-c2cccc(O)c2)n1. The highest BCUT2D eigenvalue weighted by atomic mass is 16.3. The third-order valence-corrected chi connectivity index (χ3v) is 2.74. The average molecular weight is 257 g/mol. The number of aromatic nitrogens is 2. The second kappa shape index (κ2) is 6.29. The summed E-state index contributed by atoms with van der Waals surface area (Å²) in [7, 11) is 0. The van der Waals surface area contributed by atoms with Crippen LogP contribution in [0.3, 0.4) is 0 Å². The molecule has 2 rings (SSSR count). The zero-order valence-electron chi connectivity index (χ0n) is 11.3. The minimum atomic E-state index is 0.230. The Morgan fingerprint density at radius 2 is 2.05 bits per heavy atom. The van der Waals surface area contributed by atoms with Gasteiger partial charge in [0, 0.05) is 17.8 Å². The lowest BCUT2D eigenvalue weighted by atomic mass is 10.2. The lowest BCUT2D eigenvalue weighted by molar-refractivity contribution is 0.475. The number of hydrogen-bond acceptors (Lipinski definition) is 4. The molecule has 0 aliphatic rings. The number of benzene rings is 1. The largest absolute Gasteiger partial charge is 0.508 e. The van der Waals surface area contributed by atoms with Crippen LogP contribution >= 0.6 is 0 Å². The van der Waals surface area contributed by atoms with E-state index in [1.807, 2.05) is 19.1 Å². The van der Waals surface area contributed by atoms with Gasteiger partial charge in [0.2, 0.25) is 0 Å². The fourth-order valence-electron chi connectivity index (χ4n) is 1.89. The summed E-state index contributed by atoms with van der Waals surface area (Å²) in [4.78, 5) is 8.96. The molecule has 0 fully saturated rings. The van der Waals surface area contributed by atoms with Crippen molar-refractivity contribution in [2.75, 3.05) is 6.54 Å². The van der Waals surface area contributed by atoms with E-state index in [0.29, 0.717) is 5.82 Å². The van der Waals surface area contributed by atoms with Crippen molar-refractivity contribution in [2.45, 2.75) is 26.8 Å². The Balaban J connectivity index is 2.26. The molecule has 0 aliphatic heterocycles. The number of aromatic hydroxyl groups is 1. The first-order valence-electron chi connectivity index (χ1n) is 6.53. The summed E-state index contributed by atoms with van der Waals surface area (Å²) in [5.41, 5.74) is 2.74. The second-order valence-electron chi connectivity index (χ2n) is 4.55. The third kappa shape index (κ3) is 3.76. The first kappa shape index (κ1) is 13.5. The van der Waals surface area contributed by atoms with Gasteiger partial charge in [0.25, 0.3) is 0 Å². The van der Waals surface area contributed by atoms with Crippen LogP contribution < -0.4 is 5.32 Å². The smallest absolute Gasteiger partial charge is 0.159 e. The van der Waals surface area contributed by atoms with E-state index in [0.717, 1.165) is 36.5 Å². The molecule has 19 heavy (non-hydrogen) atoms. The molecule has 0 amide bonds. The lowest BCUT2D eigenvalue weighted by Crippen LogP contribution is -2.15. The molecule has 0 spiro atoms. The summed E-state index contributed by atoms with van der Waals surface area (Å²) in [6.07, 6.45) is 1.10. The van der Waals surface area contributed by atoms with Gasteiger partial charge in [0.05, 0.1) is 5.69 Å². The highest BCUT2D eigenvalue weighted by molar-refractivity contribution is 5.57.